The number of thiophene rings is 1. The molecule has 0 aromatic carbocycles. The second kappa shape index (κ2) is 5.17. The van der Waals surface area contributed by atoms with Gasteiger partial charge < -0.3 is 11.1 Å². The Morgan fingerprint density at radius 1 is 1.43 bits per heavy atom. The molecule has 0 aliphatic carbocycles. The summed E-state index contributed by atoms with van der Waals surface area (Å²) in [5.74, 6) is -0.184. The first-order valence-corrected chi connectivity index (χ1v) is 7.28. The summed E-state index contributed by atoms with van der Waals surface area (Å²) in [6, 6.07) is 3.75. The van der Waals surface area contributed by atoms with E-state index in [0.29, 0.717) is 17.1 Å². The summed E-state index contributed by atoms with van der Waals surface area (Å²) in [4.78, 5) is 17.9. The summed E-state index contributed by atoms with van der Waals surface area (Å²) >= 11 is 1.32. The minimum atomic E-state index is -0.184. The smallest absolute Gasteiger partial charge is 0.263 e. The fourth-order valence-electron chi connectivity index (χ4n) is 2.20. The highest BCUT2D eigenvalue weighted by atomic mass is 32.1. The van der Waals surface area contributed by atoms with Crippen molar-refractivity contribution in [3.63, 3.8) is 0 Å². The molecule has 0 spiro atoms. The Morgan fingerprint density at radius 3 is 2.90 bits per heavy atom. The van der Waals surface area contributed by atoms with E-state index < -0.39 is 0 Å². The highest BCUT2D eigenvalue weighted by molar-refractivity contribution is 7.21. The lowest BCUT2D eigenvalue weighted by Crippen LogP contribution is -2.23. The average Bonchev–Trinajstić information content (AvgIpc) is 3.01. The molecule has 3 heterocycles. The first kappa shape index (κ1) is 13.6. The predicted octanol–water partition coefficient (Wildman–Crippen LogP) is 1.85. The molecule has 3 aromatic heterocycles. The summed E-state index contributed by atoms with van der Waals surface area (Å²) < 4.78 is 1.72. The van der Waals surface area contributed by atoms with E-state index >= 15 is 0 Å². The van der Waals surface area contributed by atoms with Crippen LogP contribution in [0.15, 0.2) is 24.5 Å². The normalized spacial score (nSPS) is 11.0. The van der Waals surface area contributed by atoms with Gasteiger partial charge in [0, 0.05) is 24.8 Å². The van der Waals surface area contributed by atoms with E-state index in [2.05, 4.69) is 15.4 Å². The number of nitrogens with one attached hydrogen (secondary N) is 1. The van der Waals surface area contributed by atoms with Crippen LogP contribution in [-0.2, 0) is 13.6 Å². The van der Waals surface area contributed by atoms with Crippen molar-refractivity contribution in [2.75, 3.05) is 5.73 Å². The summed E-state index contributed by atoms with van der Waals surface area (Å²) in [7, 11) is 1.84. The highest BCUT2D eigenvalue weighted by Gasteiger charge is 2.18. The van der Waals surface area contributed by atoms with Gasteiger partial charge in [-0.25, -0.2) is 4.98 Å². The fourth-order valence-corrected chi connectivity index (χ4v) is 3.25. The lowest BCUT2D eigenvalue weighted by Gasteiger charge is -2.05. The molecule has 0 bridgehead atoms. The van der Waals surface area contributed by atoms with Crippen molar-refractivity contribution in [3.05, 3.63) is 40.7 Å². The van der Waals surface area contributed by atoms with Crippen molar-refractivity contribution >= 4 is 33.1 Å². The molecule has 0 atom stereocenters. The molecular weight excluding hydrogens is 286 g/mol. The second-order valence-electron chi connectivity index (χ2n) is 4.78. The van der Waals surface area contributed by atoms with Gasteiger partial charge in [0.15, 0.2) is 0 Å². The van der Waals surface area contributed by atoms with E-state index in [9.17, 15) is 4.79 Å². The van der Waals surface area contributed by atoms with Gasteiger partial charge in [-0.15, -0.1) is 11.3 Å². The third-order valence-electron chi connectivity index (χ3n) is 3.40. The van der Waals surface area contributed by atoms with Crippen molar-refractivity contribution in [3.8, 4) is 0 Å². The quantitative estimate of drug-likeness (QED) is 0.773. The van der Waals surface area contributed by atoms with E-state index in [1.54, 1.807) is 17.1 Å². The second-order valence-corrected chi connectivity index (χ2v) is 5.78. The molecular formula is C14H15N5OS. The predicted molar refractivity (Wildman–Crippen MR) is 83.1 cm³/mol. The monoisotopic (exact) mass is 301 g/mol. The van der Waals surface area contributed by atoms with E-state index in [1.165, 1.54) is 11.3 Å². The van der Waals surface area contributed by atoms with Crippen molar-refractivity contribution in [1.29, 1.82) is 0 Å². The van der Waals surface area contributed by atoms with E-state index in [0.717, 1.165) is 21.5 Å². The van der Waals surface area contributed by atoms with Gasteiger partial charge in [0.2, 0.25) is 0 Å². The number of anilines is 1. The van der Waals surface area contributed by atoms with Crippen LogP contribution >= 0.6 is 11.3 Å². The number of aromatic nitrogens is 3. The zero-order valence-electron chi connectivity index (χ0n) is 11.8. The number of nitrogens with two attached hydrogens (primary N) is 1. The number of carbonyl (C=O) groups excluding carboxylic acids is 1. The molecule has 0 aliphatic rings. The Kier molecular flexibility index (Phi) is 3.34. The molecule has 0 fully saturated rings. The number of hydrogen-bond acceptors (Lipinski definition) is 5. The summed E-state index contributed by atoms with van der Waals surface area (Å²) in [6.45, 7) is 2.37. The third kappa shape index (κ3) is 2.36. The molecule has 0 unspecified atom stereocenters. The number of nitrogens with zero attached hydrogens (tertiary/aromatic N) is 3. The number of nitrogen functional groups attached to an aromatic ring is 1. The summed E-state index contributed by atoms with van der Waals surface area (Å²) in [5.41, 5.74) is 8.57. The summed E-state index contributed by atoms with van der Waals surface area (Å²) in [5, 5.41) is 7.80. The number of carbonyl (C=O) groups is 1. The molecule has 0 radical (unpaired) electrons. The molecule has 0 saturated carbocycles. The van der Waals surface area contributed by atoms with E-state index in [4.69, 9.17) is 5.73 Å². The van der Waals surface area contributed by atoms with Gasteiger partial charge >= 0.3 is 0 Å². The van der Waals surface area contributed by atoms with Crippen LogP contribution in [0.25, 0.3) is 10.2 Å². The van der Waals surface area contributed by atoms with Crippen LogP contribution in [0.4, 0.5) is 5.69 Å². The molecule has 3 N–H and O–H groups in total. The Balaban J connectivity index is 1.87. The first-order valence-electron chi connectivity index (χ1n) is 6.46. The molecule has 108 valence electrons. The first-order chi connectivity index (χ1) is 10.1. The van der Waals surface area contributed by atoms with Crippen LogP contribution in [-0.4, -0.2) is 20.7 Å². The minimum Gasteiger partial charge on any atom is -0.397 e. The number of hydrogen-bond donors (Lipinski definition) is 2. The third-order valence-corrected chi connectivity index (χ3v) is 4.51. The van der Waals surface area contributed by atoms with Gasteiger partial charge in [0.05, 0.1) is 17.9 Å². The van der Waals surface area contributed by atoms with Crippen LogP contribution in [0, 0.1) is 6.92 Å². The number of aryl methyl sites for hydroxylation is 2. The number of amides is 1. The van der Waals surface area contributed by atoms with Crippen LogP contribution in [0.5, 0.6) is 0 Å². The fraction of sp³-hybridized carbons (Fsp3) is 0.214. The average molecular weight is 301 g/mol. The topological polar surface area (TPSA) is 85.8 Å². The van der Waals surface area contributed by atoms with Crippen molar-refractivity contribution in [2.24, 2.45) is 7.05 Å². The van der Waals surface area contributed by atoms with E-state index in [1.807, 2.05) is 26.1 Å². The Labute approximate surface area is 125 Å². The van der Waals surface area contributed by atoms with Crippen molar-refractivity contribution < 1.29 is 4.79 Å². The van der Waals surface area contributed by atoms with Crippen molar-refractivity contribution in [2.45, 2.75) is 13.5 Å². The molecule has 1 amide bonds. The maximum atomic E-state index is 12.3. The SMILES string of the molecule is Cc1ccnc2sc(C(=O)NCc3ccnn3C)c(N)c12. The van der Waals surface area contributed by atoms with Gasteiger partial charge in [-0.05, 0) is 24.6 Å². The molecule has 0 aliphatic heterocycles. The van der Waals surface area contributed by atoms with Crippen LogP contribution in [0.2, 0.25) is 0 Å². The number of fused-ring (bicyclic) bond motifs is 1. The Hall–Kier alpha value is -2.41. The van der Waals surface area contributed by atoms with Gasteiger partial charge in [0.1, 0.15) is 9.71 Å². The molecule has 0 saturated heterocycles. The molecule has 21 heavy (non-hydrogen) atoms. The lowest BCUT2D eigenvalue weighted by molar-refractivity contribution is 0.0955. The van der Waals surface area contributed by atoms with Crippen LogP contribution < -0.4 is 11.1 Å². The van der Waals surface area contributed by atoms with Gasteiger partial charge in [-0.3, -0.25) is 9.48 Å². The Morgan fingerprint density at radius 2 is 2.24 bits per heavy atom. The molecule has 6 nitrogen and oxygen atoms in total. The standard InChI is InChI=1S/C14H15N5OS/c1-8-3-5-16-14-10(8)11(15)12(21-14)13(20)17-7-9-4-6-18-19(9)2/h3-6H,7,15H2,1-2H3,(H,17,20). The van der Waals surface area contributed by atoms with Gasteiger partial charge in [-0.1, -0.05) is 0 Å². The van der Waals surface area contributed by atoms with Gasteiger partial charge in [-0.2, -0.15) is 5.10 Å². The van der Waals surface area contributed by atoms with E-state index in [-0.39, 0.29) is 5.91 Å². The summed E-state index contributed by atoms with van der Waals surface area (Å²) in [6.07, 6.45) is 3.42. The van der Waals surface area contributed by atoms with Gasteiger partial charge in [0.25, 0.3) is 5.91 Å². The maximum Gasteiger partial charge on any atom is 0.263 e. The highest BCUT2D eigenvalue weighted by Crippen LogP contribution is 2.34. The minimum absolute atomic E-state index is 0.184. The zero-order valence-corrected chi connectivity index (χ0v) is 12.6. The lowest BCUT2D eigenvalue weighted by atomic mass is 10.2. The largest absolute Gasteiger partial charge is 0.397 e. The molecule has 3 rings (SSSR count). The van der Waals surface area contributed by atoms with Crippen molar-refractivity contribution in [1.82, 2.24) is 20.1 Å². The zero-order chi connectivity index (χ0) is 15.0. The molecule has 3 aromatic rings. The Bertz CT molecular complexity index is 820. The van der Waals surface area contributed by atoms with Crippen LogP contribution in [0.1, 0.15) is 20.9 Å². The number of rotatable bonds is 3. The maximum absolute atomic E-state index is 12.3. The molecule has 7 heteroatoms. The van der Waals surface area contributed by atoms with Crippen LogP contribution in [0.3, 0.4) is 0 Å². The number of pyridine rings is 1.